The third-order valence-corrected chi connectivity index (χ3v) is 3.17. The van der Waals surface area contributed by atoms with Crippen molar-refractivity contribution in [3.63, 3.8) is 0 Å². The van der Waals surface area contributed by atoms with E-state index in [2.05, 4.69) is 0 Å². The second kappa shape index (κ2) is 4.33. The van der Waals surface area contributed by atoms with Crippen LogP contribution in [0.1, 0.15) is 24.8 Å². The summed E-state index contributed by atoms with van der Waals surface area (Å²) in [6.07, 6.45) is 2.67. The number of nitro benzene ring substituents is 1. The number of nitro groups is 1. The van der Waals surface area contributed by atoms with Crippen molar-refractivity contribution in [2.24, 2.45) is 0 Å². The largest absolute Gasteiger partial charge is 0.497 e. The Morgan fingerprint density at radius 1 is 1.53 bits per heavy atom. The van der Waals surface area contributed by atoms with Crippen LogP contribution in [0, 0.1) is 10.1 Å². The van der Waals surface area contributed by atoms with Crippen LogP contribution >= 0.6 is 0 Å². The van der Waals surface area contributed by atoms with Crippen LogP contribution in [0.4, 0.5) is 5.69 Å². The van der Waals surface area contributed by atoms with E-state index in [1.54, 1.807) is 12.1 Å². The van der Waals surface area contributed by atoms with E-state index in [9.17, 15) is 15.2 Å². The highest BCUT2D eigenvalue weighted by atomic mass is 16.6. The van der Waals surface area contributed by atoms with Crippen LogP contribution < -0.4 is 4.74 Å². The molecule has 1 N–H and O–H groups in total. The highest BCUT2D eigenvalue weighted by Gasteiger charge is 2.39. The van der Waals surface area contributed by atoms with Gasteiger partial charge in [-0.05, 0) is 37.8 Å². The molecule has 0 aliphatic heterocycles. The molecule has 0 saturated heterocycles. The fourth-order valence-electron chi connectivity index (χ4n) is 1.83. The van der Waals surface area contributed by atoms with Gasteiger partial charge in [-0.15, -0.1) is 0 Å². The van der Waals surface area contributed by atoms with E-state index >= 15 is 0 Å². The first kappa shape index (κ1) is 11.9. The molecule has 0 atom stereocenters. The first-order valence-electron chi connectivity index (χ1n) is 5.58. The molecule has 5 nitrogen and oxygen atoms in total. The van der Waals surface area contributed by atoms with Crippen molar-refractivity contribution in [3.8, 4) is 5.75 Å². The molecule has 1 aliphatic rings. The fraction of sp³-hybridized carbons (Fsp3) is 0.500. The lowest BCUT2D eigenvalue weighted by molar-refractivity contribution is -0.385. The number of hydrogen-bond donors (Lipinski definition) is 1. The Labute approximate surface area is 99.2 Å². The summed E-state index contributed by atoms with van der Waals surface area (Å²) < 4.78 is 5.05. The Morgan fingerprint density at radius 2 is 2.24 bits per heavy atom. The maximum absolute atomic E-state index is 10.9. The van der Waals surface area contributed by atoms with Crippen LogP contribution in [0.15, 0.2) is 18.2 Å². The van der Waals surface area contributed by atoms with Crippen molar-refractivity contribution in [2.45, 2.75) is 31.3 Å². The van der Waals surface area contributed by atoms with Gasteiger partial charge in [0, 0.05) is 11.6 Å². The monoisotopic (exact) mass is 237 g/mol. The number of ether oxygens (including phenoxy) is 1. The minimum atomic E-state index is -0.586. The molecule has 0 spiro atoms. The molecular weight excluding hydrogens is 222 g/mol. The molecular formula is C12H15NO4. The second-order valence-corrected chi connectivity index (χ2v) is 4.48. The summed E-state index contributed by atoms with van der Waals surface area (Å²) >= 11 is 0. The van der Waals surface area contributed by atoms with Gasteiger partial charge in [0.25, 0.3) is 5.69 Å². The van der Waals surface area contributed by atoms with Crippen molar-refractivity contribution in [1.29, 1.82) is 0 Å². The van der Waals surface area contributed by atoms with E-state index in [-0.39, 0.29) is 5.69 Å². The molecule has 1 aromatic rings. The molecule has 1 aromatic carbocycles. The Hall–Kier alpha value is -1.62. The summed E-state index contributed by atoms with van der Waals surface area (Å²) in [7, 11) is 1.53. The molecule has 2 rings (SSSR count). The third kappa shape index (κ3) is 2.74. The smallest absolute Gasteiger partial charge is 0.272 e. The van der Waals surface area contributed by atoms with Crippen molar-refractivity contribution in [1.82, 2.24) is 0 Å². The van der Waals surface area contributed by atoms with Crippen LogP contribution in [0.25, 0.3) is 0 Å². The van der Waals surface area contributed by atoms with Gasteiger partial charge in [0.2, 0.25) is 0 Å². The van der Waals surface area contributed by atoms with Gasteiger partial charge in [-0.2, -0.15) is 0 Å². The lowest BCUT2D eigenvalue weighted by Gasteiger charge is -2.09. The van der Waals surface area contributed by atoms with E-state index in [1.807, 2.05) is 0 Å². The summed E-state index contributed by atoms with van der Waals surface area (Å²) in [5.74, 6) is 0.605. The molecule has 0 unspecified atom stereocenters. The SMILES string of the molecule is COc1ccc([N+](=O)[O-])c(CCC2(O)CC2)c1. The normalized spacial score (nSPS) is 16.6. The summed E-state index contributed by atoms with van der Waals surface area (Å²) in [6.45, 7) is 0. The second-order valence-electron chi connectivity index (χ2n) is 4.48. The number of nitrogens with zero attached hydrogens (tertiary/aromatic N) is 1. The lowest BCUT2D eigenvalue weighted by Crippen LogP contribution is -2.08. The minimum Gasteiger partial charge on any atom is -0.497 e. The van der Waals surface area contributed by atoms with Crippen molar-refractivity contribution >= 4 is 5.69 Å². The summed E-state index contributed by atoms with van der Waals surface area (Å²) in [6, 6.07) is 4.70. The Bertz CT molecular complexity index is 440. The number of aliphatic hydroxyl groups is 1. The molecule has 92 valence electrons. The predicted molar refractivity (Wildman–Crippen MR) is 62.2 cm³/mol. The van der Waals surface area contributed by atoms with Crippen molar-refractivity contribution in [3.05, 3.63) is 33.9 Å². The number of methoxy groups -OCH3 is 1. The molecule has 0 heterocycles. The topological polar surface area (TPSA) is 72.6 Å². The van der Waals surface area contributed by atoms with Crippen LogP contribution in [-0.4, -0.2) is 22.7 Å². The van der Waals surface area contributed by atoms with Gasteiger partial charge in [0.05, 0.1) is 17.6 Å². The quantitative estimate of drug-likeness (QED) is 0.628. The van der Waals surface area contributed by atoms with Crippen LogP contribution in [-0.2, 0) is 6.42 Å². The highest BCUT2D eigenvalue weighted by Crippen LogP contribution is 2.40. The van der Waals surface area contributed by atoms with Crippen LogP contribution in [0.2, 0.25) is 0 Å². The van der Waals surface area contributed by atoms with Crippen molar-refractivity contribution < 1.29 is 14.8 Å². The van der Waals surface area contributed by atoms with Crippen molar-refractivity contribution in [2.75, 3.05) is 7.11 Å². The fourth-order valence-corrected chi connectivity index (χ4v) is 1.83. The Morgan fingerprint density at radius 3 is 2.76 bits per heavy atom. The number of benzene rings is 1. The van der Waals surface area contributed by atoms with E-state index < -0.39 is 10.5 Å². The van der Waals surface area contributed by atoms with E-state index in [1.165, 1.54) is 13.2 Å². The first-order valence-corrected chi connectivity index (χ1v) is 5.58. The predicted octanol–water partition coefficient (Wildman–Crippen LogP) is 2.06. The van der Waals surface area contributed by atoms with Gasteiger partial charge >= 0.3 is 0 Å². The van der Waals surface area contributed by atoms with Gasteiger partial charge < -0.3 is 9.84 Å². The van der Waals surface area contributed by atoms with Gasteiger partial charge in [-0.3, -0.25) is 10.1 Å². The molecule has 17 heavy (non-hydrogen) atoms. The van der Waals surface area contributed by atoms with E-state index in [0.717, 1.165) is 12.8 Å². The van der Waals surface area contributed by atoms with E-state index in [4.69, 9.17) is 4.74 Å². The average molecular weight is 237 g/mol. The molecule has 0 radical (unpaired) electrons. The zero-order valence-corrected chi connectivity index (χ0v) is 9.68. The molecule has 5 heteroatoms. The number of aryl methyl sites for hydroxylation is 1. The maximum atomic E-state index is 10.9. The molecule has 0 aromatic heterocycles. The molecule has 0 amide bonds. The zero-order chi connectivity index (χ0) is 12.5. The van der Waals surface area contributed by atoms with Gasteiger partial charge in [-0.25, -0.2) is 0 Å². The summed E-state index contributed by atoms with van der Waals surface area (Å²) in [5.41, 5.74) is 0.126. The zero-order valence-electron chi connectivity index (χ0n) is 9.68. The average Bonchev–Trinajstić information content (AvgIpc) is 3.04. The highest BCUT2D eigenvalue weighted by molar-refractivity contribution is 5.45. The molecule has 1 aliphatic carbocycles. The van der Waals surface area contributed by atoms with Crippen LogP contribution in [0.5, 0.6) is 5.75 Å². The van der Waals surface area contributed by atoms with Gasteiger partial charge in [0.1, 0.15) is 5.75 Å². The van der Waals surface area contributed by atoms with Crippen LogP contribution in [0.3, 0.4) is 0 Å². The standard InChI is InChI=1S/C12H15NO4/c1-17-10-2-3-11(13(15)16)9(8-10)4-5-12(14)6-7-12/h2-3,8,14H,4-7H2,1H3. The first-order chi connectivity index (χ1) is 8.04. The van der Waals surface area contributed by atoms with E-state index in [0.29, 0.717) is 24.2 Å². The number of hydrogen-bond acceptors (Lipinski definition) is 4. The van der Waals surface area contributed by atoms with Gasteiger partial charge in [-0.1, -0.05) is 0 Å². The summed E-state index contributed by atoms with van der Waals surface area (Å²) in [4.78, 5) is 10.5. The third-order valence-electron chi connectivity index (χ3n) is 3.17. The minimum absolute atomic E-state index is 0.0926. The Balaban J connectivity index is 2.18. The lowest BCUT2D eigenvalue weighted by atomic mass is 10.0. The number of rotatable bonds is 5. The molecule has 1 saturated carbocycles. The van der Waals surface area contributed by atoms with Gasteiger partial charge in [0.15, 0.2) is 0 Å². The Kier molecular flexibility index (Phi) is 3.02. The molecule has 0 bridgehead atoms. The molecule has 1 fully saturated rings. The maximum Gasteiger partial charge on any atom is 0.272 e. The summed E-state index contributed by atoms with van der Waals surface area (Å²) in [5, 5.41) is 20.6.